The van der Waals surface area contributed by atoms with Gasteiger partial charge in [-0.3, -0.25) is 9.59 Å². The van der Waals surface area contributed by atoms with Gasteiger partial charge in [-0.05, 0) is 82.1 Å². The summed E-state index contributed by atoms with van der Waals surface area (Å²) in [5.74, 6) is 0.274. The second-order valence-electron chi connectivity index (χ2n) is 7.44. The van der Waals surface area contributed by atoms with Crippen molar-refractivity contribution in [2.45, 2.75) is 40.2 Å². The standard InChI is InChI=1S/C21H26N2O3/c1-14-10-15(2)12-18(11-14)26-13-19(24)22-17-8-6-16(7-9-17)20(25)23-21(3,4)5/h6-12H,13H2,1-5H3,(H,22,24)(H,23,25). The van der Waals surface area contributed by atoms with E-state index in [1.165, 1.54) is 0 Å². The zero-order chi connectivity index (χ0) is 19.3. The van der Waals surface area contributed by atoms with Crippen molar-refractivity contribution >= 4 is 17.5 Å². The molecule has 5 heteroatoms. The van der Waals surface area contributed by atoms with Gasteiger partial charge in [0.25, 0.3) is 11.8 Å². The number of nitrogens with one attached hydrogen (secondary N) is 2. The Morgan fingerprint density at radius 1 is 0.962 bits per heavy atom. The molecule has 0 radical (unpaired) electrons. The van der Waals surface area contributed by atoms with Crippen LogP contribution in [0.15, 0.2) is 42.5 Å². The summed E-state index contributed by atoms with van der Waals surface area (Å²) in [6.45, 7) is 9.67. The SMILES string of the molecule is Cc1cc(C)cc(OCC(=O)Nc2ccc(C(=O)NC(C)(C)C)cc2)c1. The van der Waals surface area contributed by atoms with Gasteiger partial charge in [-0.15, -0.1) is 0 Å². The van der Waals surface area contributed by atoms with Crippen molar-refractivity contribution in [1.29, 1.82) is 0 Å². The molecule has 2 rings (SSSR count). The van der Waals surface area contributed by atoms with Gasteiger partial charge in [-0.1, -0.05) is 6.07 Å². The van der Waals surface area contributed by atoms with Gasteiger partial charge in [-0.2, -0.15) is 0 Å². The summed E-state index contributed by atoms with van der Waals surface area (Å²) in [6, 6.07) is 12.6. The third kappa shape index (κ3) is 6.24. The van der Waals surface area contributed by atoms with Gasteiger partial charge in [-0.25, -0.2) is 0 Å². The van der Waals surface area contributed by atoms with Crippen molar-refractivity contribution in [1.82, 2.24) is 5.32 Å². The number of aryl methyl sites for hydroxylation is 2. The molecule has 0 aliphatic heterocycles. The number of ether oxygens (including phenoxy) is 1. The first-order valence-electron chi connectivity index (χ1n) is 8.56. The zero-order valence-electron chi connectivity index (χ0n) is 16.0. The molecule has 0 saturated carbocycles. The number of hydrogen-bond donors (Lipinski definition) is 2. The fraction of sp³-hybridized carbons (Fsp3) is 0.333. The lowest BCUT2D eigenvalue weighted by Crippen LogP contribution is -2.40. The second kappa shape index (κ2) is 8.04. The van der Waals surface area contributed by atoms with Crippen LogP contribution in [0.3, 0.4) is 0 Å². The molecule has 0 spiro atoms. The van der Waals surface area contributed by atoms with Crippen molar-refractivity contribution in [3.8, 4) is 5.75 Å². The van der Waals surface area contributed by atoms with Crippen LogP contribution in [0.5, 0.6) is 5.75 Å². The van der Waals surface area contributed by atoms with E-state index in [0.29, 0.717) is 17.0 Å². The first kappa shape index (κ1) is 19.5. The second-order valence-corrected chi connectivity index (χ2v) is 7.44. The average molecular weight is 354 g/mol. The maximum Gasteiger partial charge on any atom is 0.262 e. The van der Waals surface area contributed by atoms with Gasteiger partial charge < -0.3 is 15.4 Å². The largest absolute Gasteiger partial charge is 0.484 e. The van der Waals surface area contributed by atoms with Gasteiger partial charge in [0, 0.05) is 16.8 Å². The molecule has 2 aromatic carbocycles. The van der Waals surface area contributed by atoms with E-state index in [2.05, 4.69) is 10.6 Å². The van der Waals surface area contributed by atoms with Crippen LogP contribution >= 0.6 is 0 Å². The molecule has 2 aromatic rings. The van der Waals surface area contributed by atoms with Crippen molar-refractivity contribution in [3.05, 3.63) is 59.2 Å². The lowest BCUT2D eigenvalue weighted by Gasteiger charge is -2.20. The fourth-order valence-electron chi connectivity index (χ4n) is 2.48. The summed E-state index contributed by atoms with van der Waals surface area (Å²) in [7, 11) is 0. The van der Waals surface area contributed by atoms with Crippen LogP contribution in [0.25, 0.3) is 0 Å². The number of hydrogen-bond acceptors (Lipinski definition) is 3. The summed E-state index contributed by atoms with van der Waals surface area (Å²) >= 11 is 0. The Labute approximate surface area is 154 Å². The van der Waals surface area contributed by atoms with Crippen LogP contribution in [0, 0.1) is 13.8 Å². The van der Waals surface area contributed by atoms with E-state index >= 15 is 0 Å². The van der Waals surface area contributed by atoms with Gasteiger partial charge in [0.15, 0.2) is 6.61 Å². The molecule has 0 unspecified atom stereocenters. The molecule has 0 fully saturated rings. The van der Waals surface area contributed by atoms with E-state index in [0.717, 1.165) is 11.1 Å². The third-order valence-corrected chi connectivity index (χ3v) is 3.48. The van der Waals surface area contributed by atoms with E-state index in [1.807, 2.05) is 52.8 Å². The van der Waals surface area contributed by atoms with Gasteiger partial charge in [0.1, 0.15) is 5.75 Å². The molecule has 26 heavy (non-hydrogen) atoms. The molecular weight excluding hydrogens is 328 g/mol. The summed E-state index contributed by atoms with van der Waals surface area (Å²) < 4.78 is 5.54. The molecule has 5 nitrogen and oxygen atoms in total. The Bertz CT molecular complexity index is 770. The summed E-state index contributed by atoms with van der Waals surface area (Å²) in [5, 5.41) is 5.66. The lowest BCUT2D eigenvalue weighted by atomic mass is 10.1. The molecule has 138 valence electrons. The molecule has 2 N–H and O–H groups in total. The molecule has 0 saturated heterocycles. The molecule has 0 aliphatic carbocycles. The zero-order valence-corrected chi connectivity index (χ0v) is 16.0. The predicted octanol–water partition coefficient (Wildman–Crippen LogP) is 3.85. The van der Waals surface area contributed by atoms with Crippen molar-refractivity contribution in [3.63, 3.8) is 0 Å². The van der Waals surface area contributed by atoms with Crippen LogP contribution < -0.4 is 15.4 Å². The predicted molar refractivity (Wildman–Crippen MR) is 104 cm³/mol. The Kier molecular flexibility index (Phi) is 6.03. The van der Waals surface area contributed by atoms with Crippen molar-refractivity contribution in [2.24, 2.45) is 0 Å². The molecule has 0 bridgehead atoms. The van der Waals surface area contributed by atoms with Crippen LogP contribution in [0.4, 0.5) is 5.69 Å². The smallest absolute Gasteiger partial charge is 0.262 e. The van der Waals surface area contributed by atoms with Gasteiger partial charge in [0.05, 0.1) is 0 Å². The first-order chi connectivity index (χ1) is 12.1. The number of carbonyl (C=O) groups excluding carboxylic acids is 2. The normalized spacial score (nSPS) is 11.0. The highest BCUT2D eigenvalue weighted by Crippen LogP contribution is 2.16. The minimum absolute atomic E-state index is 0.0743. The fourth-order valence-corrected chi connectivity index (χ4v) is 2.48. The van der Waals surface area contributed by atoms with Gasteiger partial charge >= 0.3 is 0 Å². The van der Waals surface area contributed by atoms with E-state index < -0.39 is 0 Å². The van der Waals surface area contributed by atoms with E-state index in [1.54, 1.807) is 24.3 Å². The lowest BCUT2D eigenvalue weighted by molar-refractivity contribution is -0.118. The molecule has 0 aromatic heterocycles. The van der Waals surface area contributed by atoms with Crippen LogP contribution in [-0.4, -0.2) is 24.0 Å². The molecule has 2 amide bonds. The quantitative estimate of drug-likeness (QED) is 0.857. The van der Waals surface area contributed by atoms with E-state index in [-0.39, 0.29) is 24.0 Å². The highest BCUT2D eigenvalue weighted by atomic mass is 16.5. The first-order valence-corrected chi connectivity index (χ1v) is 8.56. The Balaban J connectivity index is 1.90. The third-order valence-electron chi connectivity index (χ3n) is 3.48. The monoisotopic (exact) mass is 354 g/mol. The maximum atomic E-state index is 12.1. The number of benzene rings is 2. The van der Waals surface area contributed by atoms with Crippen LogP contribution in [0.2, 0.25) is 0 Å². The van der Waals surface area contributed by atoms with E-state index in [9.17, 15) is 9.59 Å². The molecule has 0 aliphatic rings. The van der Waals surface area contributed by atoms with Crippen molar-refractivity contribution in [2.75, 3.05) is 11.9 Å². The minimum atomic E-state index is -0.296. The average Bonchev–Trinajstić information content (AvgIpc) is 2.51. The Hall–Kier alpha value is -2.82. The van der Waals surface area contributed by atoms with Crippen LogP contribution in [0.1, 0.15) is 42.3 Å². The molecular formula is C21H26N2O3. The van der Waals surface area contributed by atoms with Crippen LogP contribution in [-0.2, 0) is 4.79 Å². The number of anilines is 1. The number of amides is 2. The Morgan fingerprint density at radius 2 is 1.54 bits per heavy atom. The minimum Gasteiger partial charge on any atom is -0.484 e. The summed E-state index contributed by atoms with van der Waals surface area (Å²) in [6.07, 6.45) is 0. The van der Waals surface area contributed by atoms with Gasteiger partial charge in [0.2, 0.25) is 0 Å². The molecule has 0 atom stereocenters. The highest BCUT2D eigenvalue weighted by Gasteiger charge is 2.15. The maximum absolute atomic E-state index is 12.1. The topological polar surface area (TPSA) is 67.4 Å². The Morgan fingerprint density at radius 3 is 2.08 bits per heavy atom. The molecule has 0 heterocycles. The van der Waals surface area contributed by atoms with Crippen molar-refractivity contribution < 1.29 is 14.3 Å². The highest BCUT2D eigenvalue weighted by molar-refractivity contribution is 5.96. The summed E-state index contributed by atoms with van der Waals surface area (Å²) in [4.78, 5) is 24.1. The number of carbonyl (C=O) groups is 2. The van der Waals surface area contributed by atoms with E-state index in [4.69, 9.17) is 4.74 Å². The summed E-state index contributed by atoms with van der Waals surface area (Å²) in [5.41, 5.74) is 3.04. The number of rotatable bonds is 5.